The van der Waals surface area contributed by atoms with Crippen LogP contribution in [0.5, 0.6) is 0 Å². The fourth-order valence-electron chi connectivity index (χ4n) is 4.05. The summed E-state index contributed by atoms with van der Waals surface area (Å²) < 4.78 is 14.1. The summed E-state index contributed by atoms with van der Waals surface area (Å²) in [6, 6.07) is 17.8. The molecule has 2 aromatic rings. The Hall–Kier alpha value is -3.34. The second-order valence-corrected chi connectivity index (χ2v) is 7.54. The first-order chi connectivity index (χ1) is 15.1. The number of nitrogens with zero attached hydrogens (tertiary/aromatic N) is 2. The third kappa shape index (κ3) is 4.00. The lowest BCUT2D eigenvalue weighted by atomic mass is 10.1. The monoisotopic (exact) mass is 417 g/mol. The number of benzene rings is 2. The highest BCUT2D eigenvalue weighted by atomic mass is 16.4. The number of anilines is 1. The first-order valence-electron chi connectivity index (χ1n) is 11.0. The zero-order chi connectivity index (χ0) is 22.0. The molecular weight excluding hydrogens is 388 g/mol. The highest BCUT2D eigenvalue weighted by Crippen LogP contribution is 2.29. The van der Waals surface area contributed by atoms with Gasteiger partial charge >= 0.3 is 5.63 Å². The van der Waals surface area contributed by atoms with Crippen LogP contribution >= 0.6 is 0 Å². The highest BCUT2D eigenvalue weighted by Gasteiger charge is 2.15. The van der Waals surface area contributed by atoms with Crippen LogP contribution in [0.4, 0.5) is 5.69 Å². The quantitative estimate of drug-likeness (QED) is 0.333. The van der Waals surface area contributed by atoms with Crippen LogP contribution in [0.2, 0.25) is 0 Å². The molecule has 1 aromatic carbocycles. The third-order valence-electron chi connectivity index (χ3n) is 5.87. The van der Waals surface area contributed by atoms with Gasteiger partial charge < -0.3 is 13.7 Å². The Bertz CT molecular complexity index is 1310. The number of hydrogen-bond acceptors (Lipinski definition) is 4. The summed E-state index contributed by atoms with van der Waals surface area (Å²) in [5.74, 6) is 1.26. The van der Waals surface area contributed by atoms with Crippen molar-refractivity contribution in [2.24, 2.45) is 0 Å². The van der Waals surface area contributed by atoms with E-state index in [4.69, 9.17) is 8.83 Å². The zero-order valence-corrected chi connectivity index (χ0v) is 18.6. The summed E-state index contributed by atoms with van der Waals surface area (Å²) in [5, 5.41) is 1.98. The summed E-state index contributed by atoms with van der Waals surface area (Å²) in [7, 11) is 0. The maximum absolute atomic E-state index is 12.8. The SMILES string of the molecule is CCN(CC)c1ccc2cc(-c3ccc4ccc(=[N+](CC)CC)cc-4o3)c(=O)oc2c1. The molecule has 0 atom stereocenters. The van der Waals surface area contributed by atoms with Crippen molar-refractivity contribution in [2.75, 3.05) is 31.1 Å². The minimum atomic E-state index is -0.396. The molecule has 0 amide bonds. The minimum absolute atomic E-state index is 0.396. The Labute approximate surface area is 182 Å². The zero-order valence-electron chi connectivity index (χ0n) is 18.6. The van der Waals surface area contributed by atoms with E-state index in [0.717, 1.165) is 53.9 Å². The average Bonchev–Trinajstić information content (AvgIpc) is 2.79. The molecule has 0 fully saturated rings. The van der Waals surface area contributed by atoms with E-state index in [1.807, 2.05) is 42.5 Å². The van der Waals surface area contributed by atoms with Crippen molar-refractivity contribution in [2.45, 2.75) is 27.7 Å². The van der Waals surface area contributed by atoms with Gasteiger partial charge in [-0.3, -0.25) is 0 Å². The van der Waals surface area contributed by atoms with Gasteiger partial charge in [0.15, 0.2) is 0 Å². The van der Waals surface area contributed by atoms with E-state index in [0.29, 0.717) is 16.9 Å². The fraction of sp³-hybridized carbons (Fsp3) is 0.308. The van der Waals surface area contributed by atoms with Gasteiger partial charge in [-0.15, -0.1) is 0 Å². The molecule has 0 saturated carbocycles. The Kier molecular flexibility index (Phi) is 5.94. The van der Waals surface area contributed by atoms with Crippen LogP contribution in [0, 0.1) is 0 Å². The van der Waals surface area contributed by atoms with Crippen LogP contribution < -0.4 is 20.5 Å². The van der Waals surface area contributed by atoms with Gasteiger partial charge in [-0.2, -0.15) is 0 Å². The molecule has 0 bridgehead atoms. The molecule has 0 N–H and O–H groups in total. The van der Waals surface area contributed by atoms with Gasteiger partial charge in [0.2, 0.25) is 5.36 Å². The predicted octanol–water partition coefficient (Wildman–Crippen LogP) is 4.82. The van der Waals surface area contributed by atoms with Gasteiger partial charge in [0.1, 0.15) is 35.8 Å². The van der Waals surface area contributed by atoms with Crippen LogP contribution in [-0.4, -0.2) is 26.2 Å². The second-order valence-electron chi connectivity index (χ2n) is 7.54. The van der Waals surface area contributed by atoms with Gasteiger partial charge in [0.25, 0.3) is 0 Å². The Morgan fingerprint density at radius 3 is 2.26 bits per heavy atom. The topological polar surface area (TPSA) is 49.6 Å². The standard InChI is InChI=1S/C26H29N2O3/c1-5-27(6-2)20-12-9-18-11-14-23(30-24(18)16-20)22-15-19-10-13-21(28(7-3)8-4)17-25(19)31-26(22)29/h9-17H,5-8H2,1-4H3/q+1. The number of fused-ring (bicyclic) bond motifs is 2. The van der Waals surface area contributed by atoms with E-state index < -0.39 is 5.63 Å². The molecule has 0 spiro atoms. The van der Waals surface area contributed by atoms with E-state index in [9.17, 15) is 4.79 Å². The fourth-order valence-corrected chi connectivity index (χ4v) is 4.05. The molecule has 5 heteroatoms. The molecular formula is C26H29N2O3+. The average molecular weight is 418 g/mol. The Balaban J connectivity index is 1.83. The lowest BCUT2D eigenvalue weighted by Crippen LogP contribution is -2.29. The summed E-state index contributed by atoms with van der Waals surface area (Å²) in [4.78, 5) is 15.0. The second kappa shape index (κ2) is 8.80. The van der Waals surface area contributed by atoms with E-state index in [-0.39, 0.29) is 0 Å². The van der Waals surface area contributed by atoms with Crippen molar-refractivity contribution in [1.82, 2.24) is 4.58 Å². The maximum atomic E-state index is 12.8. The smallest absolute Gasteiger partial charge is 0.347 e. The molecule has 160 valence electrons. The van der Waals surface area contributed by atoms with Crippen LogP contribution in [0.1, 0.15) is 27.7 Å². The van der Waals surface area contributed by atoms with Gasteiger partial charge in [-0.25, -0.2) is 9.37 Å². The highest BCUT2D eigenvalue weighted by molar-refractivity contribution is 5.84. The van der Waals surface area contributed by atoms with Gasteiger partial charge in [0, 0.05) is 41.9 Å². The van der Waals surface area contributed by atoms with Crippen molar-refractivity contribution in [3.8, 4) is 22.6 Å². The summed E-state index contributed by atoms with van der Waals surface area (Å²) in [6.45, 7) is 12.1. The van der Waals surface area contributed by atoms with Crippen molar-refractivity contribution >= 4 is 16.7 Å². The first-order valence-corrected chi connectivity index (χ1v) is 11.0. The molecule has 1 aliphatic heterocycles. The van der Waals surface area contributed by atoms with Crippen molar-refractivity contribution in [3.63, 3.8) is 0 Å². The van der Waals surface area contributed by atoms with Crippen molar-refractivity contribution in [3.05, 3.63) is 70.4 Å². The molecule has 4 rings (SSSR count). The predicted molar refractivity (Wildman–Crippen MR) is 127 cm³/mol. The number of rotatable bonds is 6. The lowest BCUT2D eigenvalue weighted by Gasteiger charge is -2.21. The third-order valence-corrected chi connectivity index (χ3v) is 5.87. The summed E-state index contributed by atoms with van der Waals surface area (Å²) in [6.07, 6.45) is 0. The molecule has 0 radical (unpaired) electrons. The molecule has 0 saturated heterocycles. The lowest BCUT2D eigenvalue weighted by molar-refractivity contribution is 0.545. The molecule has 5 nitrogen and oxygen atoms in total. The molecule has 2 aliphatic rings. The summed E-state index contributed by atoms with van der Waals surface area (Å²) >= 11 is 0. The molecule has 0 unspecified atom stereocenters. The van der Waals surface area contributed by atoms with E-state index in [2.05, 4.69) is 49.3 Å². The molecule has 31 heavy (non-hydrogen) atoms. The van der Waals surface area contributed by atoms with Crippen LogP contribution in [-0.2, 0) is 0 Å². The molecule has 2 heterocycles. The minimum Gasteiger partial charge on any atom is -0.456 e. The first kappa shape index (κ1) is 20.9. The Morgan fingerprint density at radius 2 is 1.55 bits per heavy atom. The van der Waals surface area contributed by atoms with Crippen LogP contribution in [0.3, 0.4) is 0 Å². The van der Waals surface area contributed by atoms with Crippen LogP contribution in [0.15, 0.2) is 68.2 Å². The maximum Gasteiger partial charge on any atom is 0.347 e. The Morgan fingerprint density at radius 1 is 0.806 bits per heavy atom. The van der Waals surface area contributed by atoms with E-state index >= 15 is 0 Å². The van der Waals surface area contributed by atoms with Crippen LogP contribution in [0.25, 0.3) is 33.6 Å². The van der Waals surface area contributed by atoms with Gasteiger partial charge in [0.05, 0.1) is 6.07 Å². The van der Waals surface area contributed by atoms with Gasteiger partial charge in [-0.05, 0) is 64.1 Å². The van der Waals surface area contributed by atoms with E-state index in [1.165, 1.54) is 0 Å². The van der Waals surface area contributed by atoms with Gasteiger partial charge in [-0.1, -0.05) is 0 Å². The normalized spacial score (nSPS) is 11.2. The largest absolute Gasteiger partial charge is 0.456 e. The molecule has 1 aliphatic carbocycles. The summed E-state index contributed by atoms with van der Waals surface area (Å²) in [5.41, 5.74) is 2.66. The number of hydrogen-bond donors (Lipinski definition) is 0. The molecule has 1 aromatic heterocycles. The van der Waals surface area contributed by atoms with E-state index in [1.54, 1.807) is 0 Å². The van der Waals surface area contributed by atoms with Crippen molar-refractivity contribution < 1.29 is 8.83 Å². The van der Waals surface area contributed by atoms with Crippen molar-refractivity contribution in [1.29, 1.82) is 0 Å².